The molecule has 0 radical (unpaired) electrons. The van der Waals surface area contributed by atoms with Crippen molar-refractivity contribution < 1.29 is 13.2 Å². The number of aryl methyl sites for hydroxylation is 1. The predicted molar refractivity (Wildman–Crippen MR) is 135 cm³/mol. The van der Waals surface area contributed by atoms with Crippen molar-refractivity contribution in [2.45, 2.75) is 114 Å². The zero-order chi connectivity index (χ0) is 23.0. The van der Waals surface area contributed by atoms with Crippen molar-refractivity contribution >= 4 is 28.2 Å². The topological polar surface area (TPSA) is 43.4 Å². The molecule has 2 rings (SSSR count). The van der Waals surface area contributed by atoms with Gasteiger partial charge >= 0.3 is 197 Å². The summed E-state index contributed by atoms with van der Waals surface area (Å²) in [6.07, 6.45) is 9.63. The first-order chi connectivity index (χ1) is 14.8. The molecule has 0 amide bonds. The third-order valence-electron chi connectivity index (χ3n) is 7.61. The van der Waals surface area contributed by atoms with Crippen LogP contribution in [0.4, 0.5) is 0 Å². The Balaban J connectivity index is 2.67. The van der Waals surface area contributed by atoms with Gasteiger partial charge in [0.15, 0.2) is 0 Å². The van der Waals surface area contributed by atoms with Gasteiger partial charge in [0.1, 0.15) is 0 Å². The quantitative estimate of drug-likeness (QED) is 0.234. The fourth-order valence-electron chi connectivity index (χ4n) is 5.44. The third-order valence-corrected chi connectivity index (χ3v) is 31.9. The molecule has 1 heterocycles. The molecule has 3 nitrogen and oxygen atoms in total. The second kappa shape index (κ2) is 12.4. The van der Waals surface area contributed by atoms with Gasteiger partial charge < -0.3 is 0 Å². The maximum atomic E-state index is 14.5. The van der Waals surface area contributed by atoms with Crippen LogP contribution in [0.1, 0.15) is 91.0 Å². The summed E-state index contributed by atoms with van der Waals surface area (Å²) in [5.41, 5.74) is 1.10. The Morgan fingerprint density at radius 2 is 1.45 bits per heavy atom. The fraction of sp³-hybridized carbons (Fsp3) is 0.769. The first kappa shape index (κ1) is 27.2. The average molecular weight is 557 g/mol. The standard InChI is InChI=1S/C14H19O3S.3C4H9.Sn/c1-3-12-6-9-14(17-10-12)18(15,16)13-7-4-11(2)5-8-13;3*1-3-4-2;/h4-5,7-8,12H,3,6,9-10H2,1-2H3;3*1,3-4H2,2H3;. The first-order valence-corrected chi connectivity index (χ1v) is 21.7. The summed E-state index contributed by atoms with van der Waals surface area (Å²) in [6, 6.07) is 7.55. The van der Waals surface area contributed by atoms with Gasteiger partial charge in [-0.3, -0.25) is 0 Å². The molecule has 1 aromatic rings. The SMILES string of the molecule is CCC[CH2][Sn]([CH2]CCC)([CH2]CCC)[C]1(S(=O)(=O)c2ccc(C)cc2)CCC(CC)CO1. The van der Waals surface area contributed by atoms with E-state index < -0.39 is 31.2 Å². The van der Waals surface area contributed by atoms with E-state index in [2.05, 4.69) is 27.7 Å². The van der Waals surface area contributed by atoms with E-state index in [9.17, 15) is 8.42 Å². The Morgan fingerprint density at radius 3 is 1.84 bits per heavy atom. The van der Waals surface area contributed by atoms with Gasteiger partial charge in [-0.05, 0) is 0 Å². The summed E-state index contributed by atoms with van der Waals surface area (Å²) in [7, 11) is -3.55. The molecule has 1 aliphatic rings. The van der Waals surface area contributed by atoms with E-state index in [0.717, 1.165) is 76.7 Å². The van der Waals surface area contributed by atoms with E-state index in [4.69, 9.17) is 4.74 Å². The van der Waals surface area contributed by atoms with Gasteiger partial charge in [-0.25, -0.2) is 0 Å². The summed E-state index contributed by atoms with van der Waals surface area (Å²) in [5.74, 6) is 0.494. The number of unbranched alkanes of at least 4 members (excludes halogenated alkanes) is 3. The number of hydrogen-bond donors (Lipinski definition) is 0. The molecule has 0 spiro atoms. The van der Waals surface area contributed by atoms with Crippen LogP contribution >= 0.6 is 0 Å². The number of sulfone groups is 1. The van der Waals surface area contributed by atoms with Crippen LogP contribution in [0.5, 0.6) is 0 Å². The summed E-state index contributed by atoms with van der Waals surface area (Å²) in [6.45, 7) is 11.6. The van der Waals surface area contributed by atoms with Crippen LogP contribution in [-0.4, -0.2) is 36.4 Å². The van der Waals surface area contributed by atoms with Crippen molar-refractivity contribution in [3.05, 3.63) is 29.8 Å². The molecule has 0 saturated carbocycles. The number of hydrogen-bond acceptors (Lipinski definition) is 3. The molecular weight excluding hydrogens is 511 g/mol. The molecule has 0 aliphatic carbocycles. The molecule has 0 aromatic heterocycles. The van der Waals surface area contributed by atoms with E-state index in [1.807, 2.05) is 31.2 Å². The number of benzene rings is 1. The van der Waals surface area contributed by atoms with Crippen LogP contribution in [0, 0.1) is 12.8 Å². The molecule has 1 fully saturated rings. The zero-order valence-electron chi connectivity index (χ0n) is 20.7. The van der Waals surface area contributed by atoms with Crippen LogP contribution in [0.25, 0.3) is 0 Å². The van der Waals surface area contributed by atoms with Crippen molar-refractivity contribution in [2.75, 3.05) is 6.61 Å². The Bertz CT molecular complexity index is 728. The van der Waals surface area contributed by atoms with Crippen molar-refractivity contribution in [3.63, 3.8) is 0 Å². The molecule has 2 unspecified atom stereocenters. The minimum atomic E-state index is -3.55. The van der Waals surface area contributed by atoms with E-state index in [-0.39, 0.29) is 0 Å². The Labute approximate surface area is 196 Å². The van der Waals surface area contributed by atoms with Gasteiger partial charge in [-0.15, -0.1) is 0 Å². The summed E-state index contributed by atoms with van der Waals surface area (Å²) in [4.78, 5) is 0.485. The van der Waals surface area contributed by atoms with E-state index in [1.54, 1.807) is 0 Å². The maximum absolute atomic E-state index is 14.5. The van der Waals surface area contributed by atoms with Crippen LogP contribution in [0.15, 0.2) is 29.2 Å². The molecule has 2 atom stereocenters. The van der Waals surface area contributed by atoms with Crippen molar-refractivity contribution in [3.8, 4) is 0 Å². The summed E-state index contributed by atoms with van der Waals surface area (Å²) >= 11 is -3.30. The van der Waals surface area contributed by atoms with Gasteiger partial charge in [0.25, 0.3) is 0 Å². The third kappa shape index (κ3) is 5.90. The minimum absolute atomic E-state index is 0.485. The molecule has 0 N–H and O–H groups in total. The Morgan fingerprint density at radius 1 is 0.935 bits per heavy atom. The van der Waals surface area contributed by atoms with E-state index in [1.165, 1.54) is 0 Å². The molecule has 1 aliphatic heterocycles. The first-order valence-electron chi connectivity index (χ1n) is 12.8. The zero-order valence-corrected chi connectivity index (χ0v) is 24.4. The normalized spacial score (nSPS) is 22.5. The summed E-state index contributed by atoms with van der Waals surface area (Å²) < 4.78 is 38.3. The molecule has 0 bridgehead atoms. The molecule has 178 valence electrons. The summed E-state index contributed by atoms with van der Waals surface area (Å²) in [5, 5.41) is 0. The van der Waals surface area contributed by atoms with Gasteiger partial charge in [0, 0.05) is 0 Å². The fourth-order valence-corrected chi connectivity index (χ4v) is 32.7. The van der Waals surface area contributed by atoms with Crippen LogP contribution in [-0.2, 0) is 14.6 Å². The molecular formula is C26H46O3SSn. The van der Waals surface area contributed by atoms with Crippen LogP contribution < -0.4 is 0 Å². The van der Waals surface area contributed by atoms with Crippen molar-refractivity contribution in [1.29, 1.82) is 0 Å². The monoisotopic (exact) mass is 558 g/mol. The molecule has 31 heavy (non-hydrogen) atoms. The van der Waals surface area contributed by atoms with E-state index >= 15 is 0 Å². The Kier molecular flexibility index (Phi) is 10.9. The van der Waals surface area contributed by atoms with Gasteiger partial charge in [0.2, 0.25) is 0 Å². The van der Waals surface area contributed by atoms with Crippen molar-refractivity contribution in [2.24, 2.45) is 5.92 Å². The van der Waals surface area contributed by atoms with E-state index in [0.29, 0.717) is 17.4 Å². The number of ether oxygens (including phenoxy) is 1. The predicted octanol–water partition coefficient (Wildman–Crippen LogP) is 7.69. The van der Waals surface area contributed by atoms with Crippen molar-refractivity contribution in [1.82, 2.24) is 0 Å². The van der Waals surface area contributed by atoms with Gasteiger partial charge in [-0.2, -0.15) is 0 Å². The second-order valence-corrected chi connectivity index (χ2v) is 26.9. The molecule has 1 saturated heterocycles. The Hall–Kier alpha value is -0.0713. The van der Waals surface area contributed by atoms with Crippen LogP contribution in [0.2, 0.25) is 13.3 Å². The number of rotatable bonds is 13. The average Bonchev–Trinajstić information content (AvgIpc) is 2.79. The molecule has 5 heteroatoms. The van der Waals surface area contributed by atoms with Gasteiger partial charge in [-0.1, -0.05) is 0 Å². The van der Waals surface area contributed by atoms with Gasteiger partial charge in [0.05, 0.1) is 0 Å². The molecule has 1 aromatic carbocycles. The second-order valence-electron chi connectivity index (χ2n) is 9.78. The van der Waals surface area contributed by atoms with Crippen LogP contribution in [0.3, 0.4) is 0 Å².